The zero-order valence-electron chi connectivity index (χ0n) is 11.7. The fourth-order valence-corrected chi connectivity index (χ4v) is 4.89. The van der Waals surface area contributed by atoms with Crippen molar-refractivity contribution in [3.8, 4) is 0 Å². The fourth-order valence-electron chi connectivity index (χ4n) is 3.21. The number of aliphatic hydroxyl groups is 1. The van der Waals surface area contributed by atoms with Gasteiger partial charge in [-0.2, -0.15) is 11.8 Å². The molecule has 18 heavy (non-hydrogen) atoms. The number of ether oxygens (including phenoxy) is 1. The summed E-state index contributed by atoms with van der Waals surface area (Å²) in [6.45, 7) is 6.46. The van der Waals surface area contributed by atoms with E-state index in [4.69, 9.17) is 4.74 Å². The number of thioether (sulfide) groups is 1. The van der Waals surface area contributed by atoms with Crippen LogP contribution in [0.5, 0.6) is 0 Å². The van der Waals surface area contributed by atoms with Crippen molar-refractivity contribution in [3.05, 3.63) is 0 Å². The number of nitrogens with one attached hydrogen (secondary N) is 1. The zero-order valence-corrected chi connectivity index (χ0v) is 12.5. The second kappa shape index (κ2) is 6.60. The third-order valence-corrected chi connectivity index (χ3v) is 5.66. The molecular weight excluding hydrogens is 246 g/mol. The summed E-state index contributed by atoms with van der Waals surface area (Å²) in [6.07, 6.45) is 5.87. The molecule has 3 nitrogen and oxygen atoms in total. The highest BCUT2D eigenvalue weighted by atomic mass is 32.2. The molecule has 4 heteroatoms. The summed E-state index contributed by atoms with van der Waals surface area (Å²) in [7, 11) is 0. The Kier molecular flexibility index (Phi) is 5.36. The number of aliphatic hydroxyl groups excluding tert-OH is 1. The third kappa shape index (κ3) is 3.86. The van der Waals surface area contributed by atoms with Crippen molar-refractivity contribution in [2.75, 3.05) is 19.8 Å². The fraction of sp³-hybridized carbons (Fsp3) is 1.00. The first kappa shape index (κ1) is 14.6. The minimum atomic E-state index is -0.0169. The van der Waals surface area contributed by atoms with Crippen LogP contribution in [0.3, 0.4) is 0 Å². The van der Waals surface area contributed by atoms with Crippen LogP contribution in [0.2, 0.25) is 0 Å². The second-order valence-corrected chi connectivity index (χ2v) is 7.66. The van der Waals surface area contributed by atoms with Gasteiger partial charge in [-0.15, -0.1) is 0 Å². The molecule has 2 fully saturated rings. The highest BCUT2D eigenvalue weighted by molar-refractivity contribution is 8.00. The Labute approximate surface area is 115 Å². The van der Waals surface area contributed by atoms with Gasteiger partial charge < -0.3 is 15.2 Å². The van der Waals surface area contributed by atoms with E-state index in [1.165, 1.54) is 19.3 Å². The van der Waals surface area contributed by atoms with Gasteiger partial charge in [0.25, 0.3) is 0 Å². The van der Waals surface area contributed by atoms with Crippen molar-refractivity contribution in [1.82, 2.24) is 5.32 Å². The first-order valence-corrected chi connectivity index (χ1v) is 8.19. The Balaban J connectivity index is 1.82. The molecule has 1 heterocycles. The lowest BCUT2D eigenvalue weighted by molar-refractivity contribution is 0.0999. The molecule has 2 rings (SSSR count). The molecular formula is C14H27NO2S. The van der Waals surface area contributed by atoms with Crippen LogP contribution in [0.15, 0.2) is 0 Å². The molecule has 0 spiro atoms. The lowest BCUT2D eigenvalue weighted by atomic mass is 9.98. The van der Waals surface area contributed by atoms with Gasteiger partial charge in [-0.1, -0.05) is 13.8 Å². The maximum Gasteiger partial charge on any atom is 0.0613 e. The zero-order chi connectivity index (χ0) is 13.0. The third-order valence-electron chi connectivity index (χ3n) is 4.01. The molecule has 2 N–H and O–H groups in total. The molecule has 2 unspecified atom stereocenters. The highest BCUT2D eigenvalue weighted by Crippen LogP contribution is 2.40. The van der Waals surface area contributed by atoms with Gasteiger partial charge in [0.2, 0.25) is 0 Å². The van der Waals surface area contributed by atoms with Gasteiger partial charge in [-0.25, -0.2) is 0 Å². The van der Waals surface area contributed by atoms with Gasteiger partial charge >= 0.3 is 0 Å². The van der Waals surface area contributed by atoms with E-state index in [0.29, 0.717) is 11.3 Å². The predicted octanol–water partition coefficient (Wildman–Crippen LogP) is 2.18. The first-order valence-electron chi connectivity index (χ1n) is 7.25. The van der Waals surface area contributed by atoms with Crippen LogP contribution in [-0.2, 0) is 4.74 Å². The lowest BCUT2D eigenvalue weighted by Crippen LogP contribution is -2.49. The van der Waals surface area contributed by atoms with Crippen molar-refractivity contribution in [3.63, 3.8) is 0 Å². The molecule has 1 aliphatic carbocycles. The minimum absolute atomic E-state index is 0.0169. The average molecular weight is 273 g/mol. The summed E-state index contributed by atoms with van der Waals surface area (Å²) in [5.41, 5.74) is -0.0169. The molecule has 106 valence electrons. The summed E-state index contributed by atoms with van der Waals surface area (Å²) < 4.78 is 5.41. The van der Waals surface area contributed by atoms with E-state index in [1.807, 2.05) is 0 Å². The SMILES string of the molecule is CC(C)NC1(CO)CCC(SC2CCOCC2)C1. The Morgan fingerprint density at radius 3 is 2.61 bits per heavy atom. The number of hydrogen-bond donors (Lipinski definition) is 2. The quantitative estimate of drug-likeness (QED) is 0.805. The summed E-state index contributed by atoms with van der Waals surface area (Å²) in [5.74, 6) is 0. The van der Waals surface area contributed by atoms with E-state index in [2.05, 4.69) is 30.9 Å². The molecule has 0 aromatic heterocycles. The lowest BCUT2D eigenvalue weighted by Gasteiger charge is -2.31. The van der Waals surface area contributed by atoms with Crippen LogP contribution >= 0.6 is 11.8 Å². The van der Waals surface area contributed by atoms with E-state index in [0.717, 1.165) is 31.3 Å². The van der Waals surface area contributed by atoms with Crippen molar-refractivity contribution in [1.29, 1.82) is 0 Å². The van der Waals surface area contributed by atoms with Crippen molar-refractivity contribution in [2.45, 2.75) is 68.0 Å². The normalized spacial score (nSPS) is 34.3. The maximum atomic E-state index is 9.70. The first-order chi connectivity index (χ1) is 8.63. The smallest absolute Gasteiger partial charge is 0.0613 e. The molecule has 1 aliphatic heterocycles. The predicted molar refractivity (Wildman–Crippen MR) is 77.2 cm³/mol. The molecule has 0 aromatic carbocycles. The summed E-state index contributed by atoms with van der Waals surface area (Å²) in [5, 5.41) is 14.8. The molecule has 2 atom stereocenters. The van der Waals surface area contributed by atoms with E-state index in [-0.39, 0.29) is 12.1 Å². The van der Waals surface area contributed by atoms with Crippen molar-refractivity contribution >= 4 is 11.8 Å². The van der Waals surface area contributed by atoms with E-state index < -0.39 is 0 Å². The Morgan fingerprint density at radius 2 is 2.00 bits per heavy atom. The monoisotopic (exact) mass is 273 g/mol. The largest absolute Gasteiger partial charge is 0.394 e. The van der Waals surface area contributed by atoms with E-state index in [9.17, 15) is 5.11 Å². The van der Waals surface area contributed by atoms with Crippen LogP contribution in [-0.4, -0.2) is 47.0 Å². The van der Waals surface area contributed by atoms with Gasteiger partial charge in [0, 0.05) is 35.3 Å². The minimum Gasteiger partial charge on any atom is -0.394 e. The summed E-state index contributed by atoms with van der Waals surface area (Å²) in [4.78, 5) is 0. The van der Waals surface area contributed by atoms with Crippen LogP contribution in [0, 0.1) is 0 Å². The molecule has 0 bridgehead atoms. The molecule has 1 saturated carbocycles. The van der Waals surface area contributed by atoms with Gasteiger partial charge in [0.05, 0.1) is 6.61 Å². The average Bonchev–Trinajstić information content (AvgIpc) is 2.73. The highest BCUT2D eigenvalue weighted by Gasteiger charge is 2.39. The van der Waals surface area contributed by atoms with Gasteiger partial charge in [0.1, 0.15) is 0 Å². The van der Waals surface area contributed by atoms with Crippen molar-refractivity contribution in [2.24, 2.45) is 0 Å². The van der Waals surface area contributed by atoms with E-state index >= 15 is 0 Å². The number of rotatable bonds is 5. The van der Waals surface area contributed by atoms with Crippen molar-refractivity contribution < 1.29 is 9.84 Å². The standard InChI is InChI=1S/C14H27NO2S/c1-11(2)15-14(10-16)6-3-13(9-14)18-12-4-7-17-8-5-12/h11-13,15-16H,3-10H2,1-2H3. The maximum absolute atomic E-state index is 9.70. The topological polar surface area (TPSA) is 41.5 Å². The molecule has 2 aliphatic rings. The Morgan fingerprint density at radius 1 is 1.28 bits per heavy atom. The van der Waals surface area contributed by atoms with Crippen LogP contribution in [0.25, 0.3) is 0 Å². The molecule has 0 amide bonds. The van der Waals surface area contributed by atoms with Crippen LogP contribution in [0.4, 0.5) is 0 Å². The Hall–Kier alpha value is 0.230. The molecule has 0 aromatic rings. The molecule has 0 radical (unpaired) electrons. The van der Waals surface area contributed by atoms with Crippen LogP contribution in [0.1, 0.15) is 46.0 Å². The van der Waals surface area contributed by atoms with Gasteiger partial charge in [-0.3, -0.25) is 0 Å². The molecule has 1 saturated heterocycles. The second-order valence-electron chi connectivity index (χ2n) is 6.05. The van der Waals surface area contributed by atoms with Crippen LogP contribution < -0.4 is 5.32 Å². The summed E-state index contributed by atoms with van der Waals surface area (Å²) >= 11 is 2.14. The van der Waals surface area contributed by atoms with Gasteiger partial charge in [-0.05, 0) is 32.1 Å². The summed E-state index contributed by atoms with van der Waals surface area (Å²) in [6, 6.07) is 0.448. The number of hydrogen-bond acceptors (Lipinski definition) is 4. The van der Waals surface area contributed by atoms with Gasteiger partial charge in [0.15, 0.2) is 0 Å². The Bertz CT molecular complexity index is 256. The van der Waals surface area contributed by atoms with E-state index in [1.54, 1.807) is 0 Å².